The largest absolute Gasteiger partial charge is 0.383 e. The monoisotopic (exact) mass is 204 g/mol. The van der Waals surface area contributed by atoms with Crippen molar-refractivity contribution in [3.8, 4) is 6.07 Å². The van der Waals surface area contributed by atoms with E-state index < -0.39 is 0 Å². The quantitative estimate of drug-likeness (QED) is 0.801. The smallest absolute Gasteiger partial charge is 0.127 e. The zero-order valence-corrected chi connectivity index (χ0v) is 9.14. The van der Waals surface area contributed by atoms with Crippen LogP contribution in [0.2, 0.25) is 0 Å². The number of nitrogens with zero attached hydrogens (tertiary/aromatic N) is 3. The number of rotatable bonds is 4. The summed E-state index contributed by atoms with van der Waals surface area (Å²) in [6.07, 6.45) is 1.68. The van der Waals surface area contributed by atoms with E-state index in [1.54, 1.807) is 6.20 Å². The summed E-state index contributed by atoms with van der Waals surface area (Å²) in [5.41, 5.74) is 6.73. The number of anilines is 1. The Kier molecular flexibility index (Phi) is 4.07. The standard InChI is InChI=1S/C11H16N4/c1-9(6-12)7-15(2)8-10-4-3-5-14-11(10)13/h3-5,9H,7-8H2,1-2H3,(H2,13,14). The molecule has 0 bridgehead atoms. The second-order valence-electron chi connectivity index (χ2n) is 3.77. The Morgan fingerprint density at radius 2 is 2.40 bits per heavy atom. The predicted octanol–water partition coefficient (Wildman–Crippen LogP) is 1.26. The first-order valence-electron chi connectivity index (χ1n) is 4.91. The molecular weight excluding hydrogens is 188 g/mol. The summed E-state index contributed by atoms with van der Waals surface area (Å²) >= 11 is 0. The van der Waals surface area contributed by atoms with Gasteiger partial charge in [0.2, 0.25) is 0 Å². The second kappa shape index (κ2) is 5.32. The van der Waals surface area contributed by atoms with Crippen molar-refractivity contribution in [2.24, 2.45) is 5.92 Å². The molecule has 0 saturated heterocycles. The molecule has 1 aromatic heterocycles. The van der Waals surface area contributed by atoms with Crippen LogP contribution in [0.3, 0.4) is 0 Å². The molecule has 0 aliphatic carbocycles. The van der Waals surface area contributed by atoms with Gasteiger partial charge in [-0.25, -0.2) is 4.98 Å². The van der Waals surface area contributed by atoms with Crippen molar-refractivity contribution in [2.45, 2.75) is 13.5 Å². The van der Waals surface area contributed by atoms with Crippen LogP contribution in [-0.2, 0) is 6.54 Å². The molecule has 4 nitrogen and oxygen atoms in total. The number of hydrogen-bond donors (Lipinski definition) is 1. The summed E-state index contributed by atoms with van der Waals surface area (Å²) in [5, 5.41) is 8.69. The Balaban J connectivity index is 2.56. The Labute approximate surface area is 90.3 Å². The Bertz CT molecular complexity index is 356. The molecule has 0 aromatic carbocycles. The lowest BCUT2D eigenvalue weighted by molar-refractivity contribution is 0.303. The van der Waals surface area contributed by atoms with Gasteiger partial charge in [0.25, 0.3) is 0 Å². The van der Waals surface area contributed by atoms with Gasteiger partial charge in [-0.15, -0.1) is 0 Å². The topological polar surface area (TPSA) is 65.9 Å². The van der Waals surface area contributed by atoms with Gasteiger partial charge in [0.05, 0.1) is 12.0 Å². The molecule has 1 rings (SSSR count). The Morgan fingerprint density at radius 1 is 1.67 bits per heavy atom. The zero-order valence-electron chi connectivity index (χ0n) is 9.14. The Hall–Kier alpha value is -1.60. The maximum atomic E-state index is 8.69. The van der Waals surface area contributed by atoms with Gasteiger partial charge < -0.3 is 10.6 Å². The van der Waals surface area contributed by atoms with E-state index in [1.165, 1.54) is 0 Å². The molecule has 1 atom stereocenters. The molecule has 0 fully saturated rings. The number of aromatic nitrogens is 1. The summed E-state index contributed by atoms with van der Waals surface area (Å²) in [6, 6.07) is 6.03. The second-order valence-corrected chi connectivity index (χ2v) is 3.77. The lowest BCUT2D eigenvalue weighted by Gasteiger charge is -2.18. The summed E-state index contributed by atoms with van der Waals surface area (Å²) in [6.45, 7) is 3.37. The molecule has 80 valence electrons. The van der Waals surface area contributed by atoms with Crippen LogP contribution in [0.4, 0.5) is 5.82 Å². The van der Waals surface area contributed by atoms with Crippen LogP contribution in [0.25, 0.3) is 0 Å². The van der Waals surface area contributed by atoms with Crippen molar-refractivity contribution >= 4 is 5.82 Å². The van der Waals surface area contributed by atoms with Crippen LogP contribution in [-0.4, -0.2) is 23.5 Å². The SMILES string of the molecule is CC(C#N)CN(C)Cc1cccnc1N. The summed E-state index contributed by atoms with van der Waals surface area (Å²) in [4.78, 5) is 6.09. The highest BCUT2D eigenvalue weighted by molar-refractivity contribution is 5.38. The highest BCUT2D eigenvalue weighted by Gasteiger charge is 2.07. The minimum Gasteiger partial charge on any atom is -0.383 e. The van der Waals surface area contributed by atoms with Crippen LogP contribution in [0.15, 0.2) is 18.3 Å². The fourth-order valence-electron chi connectivity index (χ4n) is 1.45. The molecule has 0 spiro atoms. The van der Waals surface area contributed by atoms with Crippen molar-refractivity contribution in [3.63, 3.8) is 0 Å². The predicted molar refractivity (Wildman–Crippen MR) is 59.8 cm³/mol. The number of pyridine rings is 1. The summed E-state index contributed by atoms with van der Waals surface area (Å²) in [5.74, 6) is 0.599. The molecule has 0 radical (unpaired) electrons. The first-order valence-corrected chi connectivity index (χ1v) is 4.91. The van der Waals surface area contributed by atoms with E-state index in [0.29, 0.717) is 5.82 Å². The molecule has 1 unspecified atom stereocenters. The highest BCUT2D eigenvalue weighted by atomic mass is 15.1. The van der Waals surface area contributed by atoms with Crippen molar-refractivity contribution in [3.05, 3.63) is 23.9 Å². The average Bonchev–Trinajstić information content (AvgIpc) is 2.21. The fourth-order valence-corrected chi connectivity index (χ4v) is 1.45. The lowest BCUT2D eigenvalue weighted by Crippen LogP contribution is -2.23. The van der Waals surface area contributed by atoms with Gasteiger partial charge in [0.15, 0.2) is 0 Å². The van der Waals surface area contributed by atoms with Crippen molar-refractivity contribution in [1.82, 2.24) is 9.88 Å². The van der Waals surface area contributed by atoms with E-state index in [4.69, 9.17) is 11.0 Å². The van der Waals surface area contributed by atoms with Crippen molar-refractivity contribution < 1.29 is 0 Å². The molecule has 0 amide bonds. The van der Waals surface area contributed by atoms with E-state index in [9.17, 15) is 0 Å². The van der Waals surface area contributed by atoms with Gasteiger partial charge in [0, 0.05) is 24.8 Å². The molecule has 1 aromatic rings. The first-order chi connectivity index (χ1) is 7.13. The number of nitrogens with two attached hydrogens (primary N) is 1. The third-order valence-electron chi connectivity index (χ3n) is 2.17. The molecule has 2 N–H and O–H groups in total. The van der Waals surface area contributed by atoms with Crippen LogP contribution in [0, 0.1) is 17.2 Å². The van der Waals surface area contributed by atoms with Gasteiger partial charge in [-0.1, -0.05) is 6.07 Å². The number of nitrogen functional groups attached to an aromatic ring is 1. The van der Waals surface area contributed by atoms with E-state index in [2.05, 4.69) is 16.0 Å². The normalized spacial score (nSPS) is 12.4. The third kappa shape index (κ3) is 3.56. The molecule has 15 heavy (non-hydrogen) atoms. The number of nitriles is 1. The summed E-state index contributed by atoms with van der Waals surface area (Å²) in [7, 11) is 1.97. The van der Waals surface area contributed by atoms with Crippen LogP contribution < -0.4 is 5.73 Å². The van der Waals surface area contributed by atoms with Crippen molar-refractivity contribution in [1.29, 1.82) is 5.26 Å². The first kappa shape index (κ1) is 11.5. The van der Waals surface area contributed by atoms with Crippen LogP contribution in [0.1, 0.15) is 12.5 Å². The van der Waals surface area contributed by atoms with Gasteiger partial charge in [0.1, 0.15) is 5.82 Å². The third-order valence-corrected chi connectivity index (χ3v) is 2.17. The van der Waals surface area contributed by atoms with E-state index in [-0.39, 0.29) is 5.92 Å². The van der Waals surface area contributed by atoms with Gasteiger partial charge in [-0.2, -0.15) is 5.26 Å². The molecule has 4 heteroatoms. The van der Waals surface area contributed by atoms with E-state index in [1.807, 2.05) is 26.1 Å². The molecule has 0 saturated carbocycles. The van der Waals surface area contributed by atoms with Gasteiger partial charge in [-0.05, 0) is 20.0 Å². The fraction of sp³-hybridized carbons (Fsp3) is 0.455. The maximum Gasteiger partial charge on any atom is 0.127 e. The van der Waals surface area contributed by atoms with Gasteiger partial charge in [-0.3, -0.25) is 0 Å². The maximum absolute atomic E-state index is 8.69. The number of hydrogen-bond acceptors (Lipinski definition) is 4. The molecule has 1 heterocycles. The highest BCUT2D eigenvalue weighted by Crippen LogP contribution is 2.10. The molecule has 0 aliphatic heterocycles. The van der Waals surface area contributed by atoms with E-state index in [0.717, 1.165) is 18.7 Å². The molecular formula is C11H16N4. The average molecular weight is 204 g/mol. The summed E-state index contributed by atoms with van der Waals surface area (Å²) < 4.78 is 0. The Morgan fingerprint density at radius 3 is 3.00 bits per heavy atom. The van der Waals surface area contributed by atoms with Crippen LogP contribution in [0.5, 0.6) is 0 Å². The van der Waals surface area contributed by atoms with Gasteiger partial charge >= 0.3 is 0 Å². The van der Waals surface area contributed by atoms with E-state index >= 15 is 0 Å². The van der Waals surface area contributed by atoms with Crippen molar-refractivity contribution in [2.75, 3.05) is 19.3 Å². The minimum absolute atomic E-state index is 0.0351. The minimum atomic E-state index is 0.0351. The van der Waals surface area contributed by atoms with Crippen LogP contribution >= 0.6 is 0 Å². The zero-order chi connectivity index (χ0) is 11.3. The lowest BCUT2D eigenvalue weighted by atomic mass is 10.2. The molecule has 0 aliphatic rings.